The van der Waals surface area contributed by atoms with Crippen LogP contribution in [0.25, 0.3) is 0 Å². The first-order valence-corrected chi connectivity index (χ1v) is 6.54. The monoisotopic (exact) mass is 253 g/mol. The molecule has 102 valence electrons. The minimum absolute atomic E-state index is 0.116. The first-order valence-electron chi connectivity index (χ1n) is 6.54. The number of hydrogen-bond donors (Lipinski definition) is 1. The van der Waals surface area contributed by atoms with Gasteiger partial charge in [-0.05, 0) is 33.2 Å². The van der Waals surface area contributed by atoms with Crippen LogP contribution in [0, 0.1) is 0 Å². The topological polar surface area (TPSA) is 48.3 Å². The zero-order chi connectivity index (χ0) is 13.2. The van der Waals surface area contributed by atoms with Crippen LogP contribution in [0.3, 0.4) is 0 Å². The highest BCUT2D eigenvalue weighted by Crippen LogP contribution is 2.46. The Morgan fingerprint density at radius 1 is 1.50 bits per heavy atom. The fraction of sp³-hybridized carbons (Fsp3) is 0.769. The SMILES string of the molecule is CCn1ncc(OC)c1C(NC)C1(OC)CCC1. The molecule has 1 aliphatic carbocycles. The van der Waals surface area contributed by atoms with Gasteiger partial charge in [0, 0.05) is 13.7 Å². The molecule has 0 radical (unpaired) electrons. The second-order valence-corrected chi connectivity index (χ2v) is 4.76. The van der Waals surface area contributed by atoms with Gasteiger partial charge in [-0.1, -0.05) is 0 Å². The summed E-state index contributed by atoms with van der Waals surface area (Å²) >= 11 is 0. The number of methoxy groups -OCH3 is 2. The molecule has 2 rings (SSSR count). The number of likely N-dealkylation sites (N-methyl/N-ethyl adjacent to an activating group) is 1. The first-order chi connectivity index (χ1) is 8.72. The second kappa shape index (κ2) is 5.28. The smallest absolute Gasteiger partial charge is 0.161 e. The molecule has 1 atom stereocenters. The van der Waals surface area contributed by atoms with Gasteiger partial charge in [-0.25, -0.2) is 0 Å². The van der Waals surface area contributed by atoms with Gasteiger partial charge in [-0.15, -0.1) is 0 Å². The van der Waals surface area contributed by atoms with E-state index in [9.17, 15) is 0 Å². The highest BCUT2D eigenvalue weighted by Gasteiger charge is 2.47. The molecule has 1 aromatic heterocycles. The Bertz CT molecular complexity index is 372. The molecule has 1 heterocycles. The lowest BCUT2D eigenvalue weighted by Gasteiger charge is -2.46. The van der Waals surface area contributed by atoms with Crippen molar-refractivity contribution >= 4 is 0 Å². The van der Waals surface area contributed by atoms with E-state index in [0.29, 0.717) is 0 Å². The van der Waals surface area contributed by atoms with Gasteiger partial charge < -0.3 is 14.8 Å². The number of rotatable bonds is 6. The standard InChI is InChI=1S/C13H23N3O2/c1-5-16-11(10(17-3)9-15-16)12(14-2)13(18-4)7-6-8-13/h9,12,14H,5-8H2,1-4H3. The van der Waals surface area contributed by atoms with Crippen LogP contribution in [-0.4, -0.2) is 36.6 Å². The average Bonchev–Trinajstić information content (AvgIpc) is 2.76. The Hall–Kier alpha value is -1.07. The molecule has 1 aromatic rings. The number of hydrogen-bond acceptors (Lipinski definition) is 4. The molecule has 0 saturated heterocycles. The molecule has 1 fully saturated rings. The zero-order valence-corrected chi connectivity index (χ0v) is 11.7. The van der Waals surface area contributed by atoms with E-state index in [0.717, 1.165) is 30.8 Å². The molecule has 1 saturated carbocycles. The number of ether oxygens (including phenoxy) is 2. The van der Waals surface area contributed by atoms with Gasteiger partial charge in [-0.3, -0.25) is 4.68 Å². The van der Waals surface area contributed by atoms with E-state index < -0.39 is 0 Å². The summed E-state index contributed by atoms with van der Waals surface area (Å²) in [5, 5.41) is 7.76. The molecule has 18 heavy (non-hydrogen) atoms. The minimum atomic E-state index is -0.116. The van der Waals surface area contributed by atoms with Crippen LogP contribution in [0.15, 0.2) is 6.20 Å². The van der Waals surface area contributed by atoms with E-state index in [-0.39, 0.29) is 11.6 Å². The largest absolute Gasteiger partial charge is 0.493 e. The molecule has 0 spiro atoms. The zero-order valence-electron chi connectivity index (χ0n) is 11.7. The number of aryl methyl sites for hydroxylation is 1. The van der Waals surface area contributed by atoms with E-state index in [1.807, 2.05) is 11.7 Å². The highest BCUT2D eigenvalue weighted by atomic mass is 16.5. The third kappa shape index (κ3) is 1.91. The molecule has 0 aliphatic heterocycles. The van der Waals surface area contributed by atoms with Crippen LogP contribution in [-0.2, 0) is 11.3 Å². The first kappa shape index (κ1) is 13.4. The summed E-state index contributed by atoms with van der Waals surface area (Å²) in [5.74, 6) is 0.833. The maximum Gasteiger partial charge on any atom is 0.161 e. The van der Waals surface area contributed by atoms with Gasteiger partial charge in [0.15, 0.2) is 5.75 Å². The van der Waals surface area contributed by atoms with Crippen molar-refractivity contribution in [2.75, 3.05) is 21.3 Å². The Morgan fingerprint density at radius 3 is 2.61 bits per heavy atom. The summed E-state index contributed by atoms with van der Waals surface area (Å²) in [7, 11) is 5.45. The maximum absolute atomic E-state index is 5.79. The van der Waals surface area contributed by atoms with Crippen molar-refractivity contribution in [3.63, 3.8) is 0 Å². The molecular weight excluding hydrogens is 230 g/mol. The molecule has 0 amide bonds. The summed E-state index contributed by atoms with van der Waals surface area (Å²) in [5.41, 5.74) is 0.971. The van der Waals surface area contributed by atoms with Crippen LogP contribution < -0.4 is 10.1 Å². The molecule has 1 aliphatic rings. The lowest BCUT2D eigenvalue weighted by molar-refractivity contribution is -0.100. The summed E-state index contributed by atoms with van der Waals surface area (Å²) in [6, 6.07) is 0.119. The molecule has 1 N–H and O–H groups in total. The Morgan fingerprint density at radius 2 is 2.22 bits per heavy atom. The minimum Gasteiger partial charge on any atom is -0.493 e. The van der Waals surface area contributed by atoms with Crippen molar-refractivity contribution in [2.24, 2.45) is 0 Å². The second-order valence-electron chi connectivity index (χ2n) is 4.76. The maximum atomic E-state index is 5.79. The van der Waals surface area contributed by atoms with Crippen molar-refractivity contribution in [3.05, 3.63) is 11.9 Å². The highest BCUT2D eigenvalue weighted by molar-refractivity contribution is 5.31. The van der Waals surface area contributed by atoms with Gasteiger partial charge >= 0.3 is 0 Å². The van der Waals surface area contributed by atoms with Crippen molar-refractivity contribution in [1.29, 1.82) is 0 Å². The van der Waals surface area contributed by atoms with E-state index in [4.69, 9.17) is 9.47 Å². The van der Waals surface area contributed by atoms with Gasteiger partial charge in [0.2, 0.25) is 0 Å². The van der Waals surface area contributed by atoms with Crippen LogP contribution in [0.5, 0.6) is 5.75 Å². The van der Waals surface area contributed by atoms with Crippen molar-refractivity contribution < 1.29 is 9.47 Å². The summed E-state index contributed by atoms with van der Waals surface area (Å²) < 4.78 is 13.2. The Kier molecular flexibility index (Phi) is 3.92. The number of nitrogens with zero attached hydrogens (tertiary/aromatic N) is 2. The predicted molar refractivity (Wildman–Crippen MR) is 69.8 cm³/mol. The van der Waals surface area contributed by atoms with Crippen LogP contribution in [0.2, 0.25) is 0 Å². The number of nitrogens with one attached hydrogen (secondary N) is 1. The normalized spacial score (nSPS) is 19.3. The van der Waals surface area contributed by atoms with Crippen LogP contribution in [0.1, 0.15) is 37.9 Å². The van der Waals surface area contributed by atoms with Crippen molar-refractivity contribution in [3.8, 4) is 5.75 Å². The van der Waals surface area contributed by atoms with Crippen molar-refractivity contribution in [1.82, 2.24) is 15.1 Å². The van der Waals surface area contributed by atoms with E-state index >= 15 is 0 Å². The Balaban J connectivity index is 2.40. The van der Waals surface area contributed by atoms with E-state index in [1.165, 1.54) is 6.42 Å². The van der Waals surface area contributed by atoms with Gasteiger partial charge in [-0.2, -0.15) is 5.10 Å². The van der Waals surface area contributed by atoms with Crippen molar-refractivity contribution in [2.45, 2.75) is 44.4 Å². The fourth-order valence-electron chi connectivity index (χ4n) is 2.86. The predicted octanol–water partition coefficient (Wildman–Crippen LogP) is 1.74. The quantitative estimate of drug-likeness (QED) is 0.839. The van der Waals surface area contributed by atoms with Gasteiger partial charge in [0.1, 0.15) is 5.69 Å². The lowest BCUT2D eigenvalue weighted by atomic mass is 9.73. The lowest BCUT2D eigenvalue weighted by Crippen LogP contribution is -2.50. The molecule has 5 heteroatoms. The van der Waals surface area contributed by atoms with Crippen LogP contribution >= 0.6 is 0 Å². The van der Waals surface area contributed by atoms with Crippen LogP contribution in [0.4, 0.5) is 0 Å². The summed E-state index contributed by atoms with van der Waals surface area (Å²) in [6.45, 7) is 2.92. The average molecular weight is 253 g/mol. The van der Waals surface area contributed by atoms with E-state index in [1.54, 1.807) is 20.4 Å². The molecule has 0 aromatic carbocycles. The molecular formula is C13H23N3O2. The fourth-order valence-corrected chi connectivity index (χ4v) is 2.86. The Labute approximate surface area is 108 Å². The third-order valence-corrected chi connectivity index (χ3v) is 4.06. The molecule has 1 unspecified atom stereocenters. The van der Waals surface area contributed by atoms with Gasteiger partial charge in [0.25, 0.3) is 0 Å². The van der Waals surface area contributed by atoms with Gasteiger partial charge in [0.05, 0.1) is 24.9 Å². The van der Waals surface area contributed by atoms with E-state index in [2.05, 4.69) is 17.3 Å². The number of aromatic nitrogens is 2. The molecule has 0 bridgehead atoms. The molecule has 5 nitrogen and oxygen atoms in total. The summed E-state index contributed by atoms with van der Waals surface area (Å²) in [4.78, 5) is 0. The third-order valence-electron chi connectivity index (χ3n) is 4.06. The summed E-state index contributed by atoms with van der Waals surface area (Å²) in [6.07, 6.45) is 5.15.